The van der Waals surface area contributed by atoms with Crippen LogP contribution in [0.5, 0.6) is 0 Å². The van der Waals surface area contributed by atoms with Crippen LogP contribution in [0.2, 0.25) is 0 Å². The molecule has 1 aromatic heterocycles. The largest absolute Gasteiger partial charge is 0.469 e. The average molecular weight is 261 g/mol. The summed E-state index contributed by atoms with van der Waals surface area (Å²) >= 11 is 0. The maximum atomic E-state index is 12.5. The second-order valence-corrected chi connectivity index (χ2v) is 4.87. The fourth-order valence-electron chi connectivity index (χ4n) is 2.48. The first kappa shape index (κ1) is 13.5. The van der Waals surface area contributed by atoms with Crippen LogP contribution in [-0.4, -0.2) is 18.8 Å². The third kappa shape index (κ3) is 3.77. The maximum absolute atomic E-state index is 12.5. The molecule has 1 heterocycles. The van der Waals surface area contributed by atoms with Crippen molar-refractivity contribution in [2.75, 3.05) is 6.54 Å². The van der Waals surface area contributed by atoms with Crippen molar-refractivity contribution >= 4 is 0 Å². The smallest absolute Gasteiger partial charge is 0.391 e. The Bertz CT molecular complexity index is 340. The summed E-state index contributed by atoms with van der Waals surface area (Å²) in [5.74, 6) is -0.188. The molecule has 2 rings (SSSR count). The van der Waals surface area contributed by atoms with Crippen LogP contribution in [0.25, 0.3) is 0 Å². The van der Waals surface area contributed by atoms with Crippen LogP contribution in [0.1, 0.15) is 31.4 Å². The van der Waals surface area contributed by atoms with Gasteiger partial charge in [-0.1, -0.05) is 0 Å². The molecule has 2 nitrogen and oxygen atoms in total. The number of hydrogen-bond acceptors (Lipinski definition) is 2. The zero-order valence-corrected chi connectivity index (χ0v) is 10.2. The highest BCUT2D eigenvalue weighted by atomic mass is 19.4. The highest BCUT2D eigenvalue weighted by Crippen LogP contribution is 2.37. The molecule has 0 spiro atoms. The van der Waals surface area contributed by atoms with Crippen LogP contribution >= 0.6 is 0 Å². The van der Waals surface area contributed by atoms with Crippen molar-refractivity contribution in [2.24, 2.45) is 5.92 Å². The van der Waals surface area contributed by atoms with Crippen molar-refractivity contribution in [1.29, 1.82) is 0 Å². The Hall–Kier alpha value is -0.970. The van der Waals surface area contributed by atoms with E-state index in [1.165, 1.54) is 0 Å². The lowest BCUT2D eigenvalue weighted by Gasteiger charge is -2.30. The number of halogens is 3. The molecule has 1 aromatic rings. The molecule has 0 radical (unpaired) electrons. The summed E-state index contributed by atoms with van der Waals surface area (Å²) in [5.41, 5.74) is 0. The van der Waals surface area contributed by atoms with E-state index in [9.17, 15) is 13.2 Å². The predicted octanol–water partition coefficient (Wildman–Crippen LogP) is 3.53. The molecule has 0 atom stereocenters. The topological polar surface area (TPSA) is 25.2 Å². The van der Waals surface area contributed by atoms with Crippen LogP contribution in [-0.2, 0) is 6.42 Å². The molecule has 1 saturated carbocycles. The summed E-state index contributed by atoms with van der Waals surface area (Å²) in [6.07, 6.45) is 0.129. The fourth-order valence-corrected chi connectivity index (χ4v) is 2.48. The lowest BCUT2D eigenvalue weighted by molar-refractivity contribution is -0.182. The van der Waals surface area contributed by atoms with Gasteiger partial charge in [-0.25, -0.2) is 0 Å². The van der Waals surface area contributed by atoms with E-state index in [4.69, 9.17) is 4.42 Å². The molecule has 5 heteroatoms. The maximum Gasteiger partial charge on any atom is 0.391 e. The van der Waals surface area contributed by atoms with Gasteiger partial charge in [-0.2, -0.15) is 13.2 Å². The zero-order valence-electron chi connectivity index (χ0n) is 10.2. The van der Waals surface area contributed by atoms with Gasteiger partial charge in [-0.05, 0) is 37.8 Å². The zero-order chi connectivity index (χ0) is 13.0. The summed E-state index contributed by atoms with van der Waals surface area (Å²) in [5, 5.41) is 3.30. The van der Waals surface area contributed by atoms with E-state index in [2.05, 4.69) is 5.32 Å². The second kappa shape index (κ2) is 5.78. The van der Waals surface area contributed by atoms with Gasteiger partial charge in [0.15, 0.2) is 0 Å². The Morgan fingerprint density at radius 2 is 1.94 bits per heavy atom. The summed E-state index contributed by atoms with van der Waals surface area (Å²) in [6, 6.07) is 3.96. The van der Waals surface area contributed by atoms with E-state index in [-0.39, 0.29) is 18.9 Å². The molecular weight excluding hydrogens is 243 g/mol. The lowest BCUT2D eigenvalue weighted by atomic mass is 9.85. The van der Waals surface area contributed by atoms with Crippen LogP contribution in [0.4, 0.5) is 13.2 Å². The van der Waals surface area contributed by atoms with E-state index < -0.39 is 12.1 Å². The molecule has 0 saturated heterocycles. The van der Waals surface area contributed by atoms with Crippen LogP contribution < -0.4 is 5.32 Å². The standard InChI is InChI=1S/C13H18F3NO/c14-13(15,16)10-3-5-11(6-4-10)17-8-7-12-2-1-9-18-12/h1-2,9-11,17H,3-8H2. The van der Waals surface area contributed by atoms with E-state index in [1.54, 1.807) is 6.26 Å². The lowest BCUT2D eigenvalue weighted by Crippen LogP contribution is -2.37. The van der Waals surface area contributed by atoms with Gasteiger partial charge in [0.2, 0.25) is 0 Å². The van der Waals surface area contributed by atoms with E-state index >= 15 is 0 Å². The van der Waals surface area contributed by atoms with E-state index in [0.29, 0.717) is 12.8 Å². The average Bonchev–Trinajstić information content (AvgIpc) is 2.82. The fraction of sp³-hybridized carbons (Fsp3) is 0.692. The minimum absolute atomic E-state index is 0.221. The van der Waals surface area contributed by atoms with Gasteiger partial charge < -0.3 is 9.73 Å². The first-order chi connectivity index (χ1) is 8.55. The molecule has 1 aliphatic carbocycles. The van der Waals surface area contributed by atoms with Crippen molar-refractivity contribution in [2.45, 2.75) is 44.3 Å². The Labute approximate surface area is 105 Å². The number of furan rings is 1. The third-order valence-corrected chi connectivity index (χ3v) is 3.57. The number of hydrogen-bond donors (Lipinski definition) is 1. The molecule has 1 fully saturated rings. The molecule has 1 aliphatic rings. The molecule has 0 unspecified atom stereocenters. The van der Waals surface area contributed by atoms with Gasteiger partial charge in [-0.15, -0.1) is 0 Å². The van der Waals surface area contributed by atoms with Crippen molar-refractivity contribution in [3.05, 3.63) is 24.2 Å². The Balaban J connectivity index is 1.65. The van der Waals surface area contributed by atoms with Crippen LogP contribution in [0.3, 0.4) is 0 Å². The molecule has 0 aliphatic heterocycles. The van der Waals surface area contributed by atoms with Gasteiger partial charge >= 0.3 is 6.18 Å². The quantitative estimate of drug-likeness (QED) is 0.897. The Morgan fingerprint density at radius 3 is 2.50 bits per heavy atom. The first-order valence-corrected chi connectivity index (χ1v) is 6.38. The Morgan fingerprint density at radius 1 is 1.22 bits per heavy atom. The van der Waals surface area contributed by atoms with Crippen molar-refractivity contribution in [1.82, 2.24) is 5.32 Å². The highest BCUT2D eigenvalue weighted by molar-refractivity contribution is 4.98. The van der Waals surface area contributed by atoms with Gasteiger partial charge in [0.25, 0.3) is 0 Å². The molecule has 0 aromatic carbocycles. The highest BCUT2D eigenvalue weighted by Gasteiger charge is 2.41. The van der Waals surface area contributed by atoms with Crippen molar-refractivity contribution in [3.63, 3.8) is 0 Å². The molecule has 18 heavy (non-hydrogen) atoms. The molecule has 102 valence electrons. The van der Waals surface area contributed by atoms with Gasteiger partial charge in [0, 0.05) is 19.0 Å². The Kier molecular flexibility index (Phi) is 4.32. The van der Waals surface area contributed by atoms with Gasteiger partial charge in [0.1, 0.15) is 5.76 Å². The summed E-state index contributed by atoms with van der Waals surface area (Å²) in [6.45, 7) is 0.759. The molecular formula is C13H18F3NO. The first-order valence-electron chi connectivity index (χ1n) is 6.38. The van der Waals surface area contributed by atoms with Crippen molar-refractivity contribution < 1.29 is 17.6 Å². The summed E-state index contributed by atoms with van der Waals surface area (Å²) in [7, 11) is 0. The normalized spacial score (nSPS) is 25.3. The second-order valence-electron chi connectivity index (χ2n) is 4.87. The van der Waals surface area contributed by atoms with Crippen LogP contribution in [0.15, 0.2) is 22.8 Å². The summed E-state index contributed by atoms with van der Waals surface area (Å²) in [4.78, 5) is 0. The van der Waals surface area contributed by atoms with Gasteiger partial charge in [0.05, 0.1) is 12.2 Å². The van der Waals surface area contributed by atoms with E-state index in [1.807, 2.05) is 12.1 Å². The molecule has 0 amide bonds. The third-order valence-electron chi connectivity index (χ3n) is 3.57. The monoisotopic (exact) mass is 261 g/mol. The van der Waals surface area contributed by atoms with Crippen LogP contribution in [0, 0.1) is 5.92 Å². The van der Waals surface area contributed by atoms with Crippen molar-refractivity contribution in [3.8, 4) is 0 Å². The predicted molar refractivity (Wildman–Crippen MR) is 62.2 cm³/mol. The van der Waals surface area contributed by atoms with E-state index in [0.717, 1.165) is 18.7 Å². The minimum Gasteiger partial charge on any atom is -0.469 e. The number of rotatable bonds is 4. The molecule has 1 N–H and O–H groups in total. The minimum atomic E-state index is -4.01. The summed E-state index contributed by atoms with van der Waals surface area (Å²) < 4.78 is 42.6. The SMILES string of the molecule is FC(F)(F)C1CCC(NCCc2ccco2)CC1. The number of nitrogens with one attached hydrogen (secondary N) is 1. The van der Waals surface area contributed by atoms with Gasteiger partial charge in [-0.3, -0.25) is 0 Å². The molecule has 0 bridgehead atoms. The number of alkyl halides is 3.